The van der Waals surface area contributed by atoms with Crippen LogP contribution in [0.15, 0.2) is 6.33 Å². The molecule has 2 aromatic heterocycles. The lowest BCUT2D eigenvalue weighted by Crippen LogP contribution is -2.44. The number of ether oxygens (including phenoxy) is 3. The van der Waals surface area contributed by atoms with Crippen molar-refractivity contribution in [3.05, 3.63) is 6.33 Å². The summed E-state index contributed by atoms with van der Waals surface area (Å²) in [7, 11) is 2.79. The van der Waals surface area contributed by atoms with Gasteiger partial charge in [-0.15, -0.1) is 0 Å². The topological polar surface area (TPSA) is 243 Å². The molecule has 20 heteroatoms. The molecule has 0 saturated carbocycles. The van der Waals surface area contributed by atoms with Crippen LogP contribution in [0.2, 0.25) is 0 Å². The number of rotatable bonds is 12. The van der Waals surface area contributed by atoms with Crippen molar-refractivity contribution in [3.8, 4) is 5.88 Å². The fourth-order valence-corrected chi connectivity index (χ4v) is 8.43. The number of imidazole rings is 1. The highest BCUT2D eigenvalue weighted by Crippen LogP contribution is 2.57. The van der Waals surface area contributed by atoms with E-state index in [-0.39, 0.29) is 28.7 Å². The summed E-state index contributed by atoms with van der Waals surface area (Å²) in [5.74, 6) is -1.46. The molecular weight excluding hydrogens is 611 g/mol. The van der Waals surface area contributed by atoms with Gasteiger partial charge in [0.1, 0.15) is 29.9 Å². The number of nitrogens with zero attached hydrogens (tertiary/aromatic N) is 5. The van der Waals surface area contributed by atoms with Crippen molar-refractivity contribution >= 4 is 53.1 Å². The van der Waals surface area contributed by atoms with Crippen molar-refractivity contribution < 1.29 is 47.9 Å². The Bertz CT molecular complexity index is 1440. The largest absolute Gasteiger partial charge is 0.479 e. The van der Waals surface area contributed by atoms with Gasteiger partial charge in [0.05, 0.1) is 26.1 Å². The molecule has 2 fully saturated rings. The lowest BCUT2D eigenvalue weighted by molar-refractivity contribution is -0.149. The summed E-state index contributed by atoms with van der Waals surface area (Å²) in [4.78, 5) is 50.1. The Labute approximate surface area is 250 Å². The van der Waals surface area contributed by atoms with Gasteiger partial charge in [0.2, 0.25) is 11.8 Å². The summed E-state index contributed by atoms with van der Waals surface area (Å²) in [6, 6.07) is -2.66. The minimum absolute atomic E-state index is 0.0942. The Hall–Kier alpha value is -3.06. The van der Waals surface area contributed by atoms with E-state index in [1.807, 2.05) is 0 Å². The number of amides is 3. The Morgan fingerprint density at radius 3 is 2.65 bits per heavy atom. The lowest BCUT2D eigenvalue weighted by Gasteiger charge is -2.27. The summed E-state index contributed by atoms with van der Waals surface area (Å²) in [5, 5.41) is 27.1. The third-order valence-electron chi connectivity index (χ3n) is 6.80. The summed E-state index contributed by atoms with van der Waals surface area (Å²) >= 11 is 0.686. The van der Waals surface area contributed by atoms with Gasteiger partial charge in [0, 0.05) is 12.8 Å². The van der Waals surface area contributed by atoms with E-state index in [1.54, 1.807) is 13.8 Å². The highest BCUT2D eigenvalue weighted by Gasteiger charge is 2.54. The Morgan fingerprint density at radius 1 is 1.35 bits per heavy atom. The fourth-order valence-electron chi connectivity index (χ4n) is 4.46. The Balaban J connectivity index is 1.54. The summed E-state index contributed by atoms with van der Waals surface area (Å²) < 4.78 is 37.5. The molecule has 0 unspecified atom stereocenters. The standard InChI is InChI=1S/C23H35N8O10PS/c1-10(2)40-19(34)11(3)29-42(37,43-8-12-17(33)27-22(35)30(12)5)39-7-13-15(32)23(4,36)20(41-13)31-9-25-14-16(31)26-21(24)28-18(14)38-6/h9-13,15,20,32,36H,7-8H2,1-6H3,(H,29,37)(H2,24,26,28)(H,27,33,35)/t11-,12-,13-,15-,20-,23-,42-/m1/s1. The van der Waals surface area contributed by atoms with Crippen LogP contribution in [0.4, 0.5) is 10.7 Å². The molecule has 0 aromatic carbocycles. The quantitative estimate of drug-likeness (QED) is 0.114. The van der Waals surface area contributed by atoms with E-state index in [0.29, 0.717) is 11.4 Å². The number of likely N-dealkylation sites (N-methyl/N-ethyl adjacent to an activating group) is 1. The lowest BCUT2D eigenvalue weighted by atomic mass is 9.96. The minimum atomic E-state index is -4.05. The molecule has 0 aliphatic carbocycles. The predicted octanol–water partition coefficient (Wildman–Crippen LogP) is -0.236. The molecule has 3 amide bonds. The average Bonchev–Trinajstić information content (AvgIpc) is 3.52. The number of nitrogen functional groups attached to an aromatic ring is 1. The average molecular weight is 647 g/mol. The molecule has 0 spiro atoms. The molecule has 6 N–H and O–H groups in total. The first-order valence-electron chi connectivity index (χ1n) is 13.1. The second kappa shape index (κ2) is 12.5. The van der Waals surface area contributed by atoms with Crippen molar-refractivity contribution in [2.45, 2.75) is 69.9 Å². The zero-order chi connectivity index (χ0) is 31.9. The number of aliphatic hydroxyl groups is 2. The number of nitrogens with two attached hydrogens (primary N) is 1. The fraction of sp³-hybridized carbons (Fsp3) is 0.652. The Kier molecular flexibility index (Phi) is 9.55. The van der Waals surface area contributed by atoms with Crippen LogP contribution in [-0.4, -0.2) is 115 Å². The van der Waals surface area contributed by atoms with Gasteiger partial charge in [-0.1, -0.05) is 11.4 Å². The highest BCUT2D eigenvalue weighted by atomic mass is 32.7. The van der Waals surface area contributed by atoms with Crippen molar-refractivity contribution in [1.29, 1.82) is 0 Å². The van der Waals surface area contributed by atoms with Crippen molar-refractivity contribution in [2.75, 3.05) is 32.3 Å². The number of urea groups is 1. The normalized spacial score (nSPS) is 27.9. The van der Waals surface area contributed by atoms with Crippen molar-refractivity contribution in [2.24, 2.45) is 0 Å². The second-order valence-electron chi connectivity index (χ2n) is 10.5. The van der Waals surface area contributed by atoms with Gasteiger partial charge in [-0.2, -0.15) is 9.97 Å². The van der Waals surface area contributed by atoms with Crippen LogP contribution in [0.1, 0.15) is 33.9 Å². The molecule has 7 atom stereocenters. The zero-order valence-electron chi connectivity index (χ0n) is 24.3. The van der Waals surface area contributed by atoms with E-state index in [1.165, 1.54) is 38.9 Å². The first-order valence-corrected chi connectivity index (χ1v) is 16.3. The van der Waals surface area contributed by atoms with Gasteiger partial charge in [0.15, 0.2) is 17.4 Å². The monoisotopic (exact) mass is 646 g/mol. The molecule has 43 heavy (non-hydrogen) atoms. The van der Waals surface area contributed by atoms with Crippen molar-refractivity contribution in [3.63, 3.8) is 0 Å². The van der Waals surface area contributed by atoms with Crippen LogP contribution in [0.25, 0.3) is 11.2 Å². The number of nitrogens with one attached hydrogen (secondary N) is 2. The number of aliphatic hydroxyl groups excluding tert-OH is 1. The van der Waals surface area contributed by atoms with Crippen LogP contribution >= 0.6 is 18.1 Å². The summed E-state index contributed by atoms with van der Waals surface area (Å²) in [6.45, 7) is 1.49. The molecular formula is C23H35N8O10PS. The van der Waals surface area contributed by atoms with Gasteiger partial charge in [-0.05, 0) is 27.7 Å². The minimum Gasteiger partial charge on any atom is -0.479 e. The number of aromatic nitrogens is 4. The van der Waals surface area contributed by atoms with Crippen LogP contribution in [0.3, 0.4) is 0 Å². The number of carbonyl (C=O) groups excluding carboxylic acids is 3. The first-order chi connectivity index (χ1) is 20.1. The molecule has 2 aliphatic heterocycles. The third-order valence-corrected chi connectivity index (χ3v) is 10.9. The van der Waals surface area contributed by atoms with Gasteiger partial charge in [-0.25, -0.2) is 14.9 Å². The zero-order valence-corrected chi connectivity index (χ0v) is 26.0. The molecule has 2 saturated heterocycles. The van der Waals surface area contributed by atoms with Gasteiger partial charge >= 0.3 is 18.7 Å². The SMILES string of the molecule is COc1nc(N)nc2c1ncn2[C@@H]1O[C@H](CO[P@](=O)(N[C@H](C)C(=O)OC(C)C)SC[C@@H]2C(=O)NC(=O)N2C)[C@@H](O)[C@@]1(C)O. The molecule has 2 aromatic rings. The number of hydrogen-bond acceptors (Lipinski definition) is 15. The van der Waals surface area contributed by atoms with Gasteiger partial charge in [0.25, 0.3) is 5.91 Å². The first kappa shape index (κ1) is 32.8. The summed E-state index contributed by atoms with van der Waals surface area (Å²) in [6.07, 6.45) is -3.16. The molecule has 0 bridgehead atoms. The Morgan fingerprint density at radius 2 is 2.05 bits per heavy atom. The summed E-state index contributed by atoms with van der Waals surface area (Å²) in [5.41, 5.74) is 4.27. The number of carbonyl (C=O) groups is 3. The number of imide groups is 1. The van der Waals surface area contributed by atoms with Crippen LogP contribution in [-0.2, 0) is 28.2 Å². The van der Waals surface area contributed by atoms with Gasteiger partial charge < -0.3 is 39.6 Å². The number of methoxy groups -OCH3 is 1. The maximum atomic E-state index is 14.0. The van der Waals surface area contributed by atoms with E-state index in [4.69, 9.17) is 24.5 Å². The predicted molar refractivity (Wildman–Crippen MR) is 152 cm³/mol. The molecule has 2 aliphatic rings. The van der Waals surface area contributed by atoms with Crippen LogP contribution < -0.4 is 20.9 Å². The van der Waals surface area contributed by atoms with E-state index in [0.717, 1.165) is 4.90 Å². The second-order valence-corrected chi connectivity index (χ2v) is 14.8. The number of anilines is 1. The highest BCUT2D eigenvalue weighted by molar-refractivity contribution is 8.56. The molecule has 4 rings (SSSR count). The maximum Gasteiger partial charge on any atom is 0.327 e. The van der Waals surface area contributed by atoms with E-state index in [2.05, 4.69) is 25.4 Å². The smallest absolute Gasteiger partial charge is 0.327 e. The van der Waals surface area contributed by atoms with E-state index < -0.39 is 73.5 Å². The van der Waals surface area contributed by atoms with E-state index in [9.17, 15) is 29.2 Å². The molecule has 238 valence electrons. The number of esters is 1. The molecule has 4 heterocycles. The third kappa shape index (κ3) is 6.72. The van der Waals surface area contributed by atoms with E-state index >= 15 is 0 Å². The van der Waals surface area contributed by atoms with Crippen LogP contribution in [0.5, 0.6) is 5.88 Å². The number of fused-ring (bicyclic) bond motifs is 1. The van der Waals surface area contributed by atoms with Gasteiger partial charge in [-0.3, -0.25) is 24.0 Å². The maximum absolute atomic E-state index is 14.0. The van der Waals surface area contributed by atoms with Crippen molar-refractivity contribution in [1.82, 2.24) is 34.8 Å². The number of hydrogen-bond donors (Lipinski definition) is 5. The molecule has 18 nitrogen and oxygen atoms in total. The van der Waals surface area contributed by atoms with Crippen LogP contribution in [0, 0.1) is 0 Å². The molecule has 0 radical (unpaired) electrons.